The van der Waals surface area contributed by atoms with Crippen LogP contribution in [0.5, 0.6) is 0 Å². The van der Waals surface area contributed by atoms with Crippen LogP contribution < -0.4 is 0 Å². The molecule has 8 heteroatoms. The van der Waals surface area contributed by atoms with Gasteiger partial charge in [-0.1, -0.05) is 66.7 Å². The molecule has 0 saturated carbocycles. The minimum Gasteiger partial charge on any atom is -0.250 e. The molecule has 0 bridgehead atoms. The summed E-state index contributed by atoms with van der Waals surface area (Å²) in [5.41, 5.74) is 4.14. The number of H-pyrrole nitrogens is 1. The second-order valence-corrected chi connectivity index (χ2v) is 9.48. The van der Waals surface area contributed by atoms with Crippen molar-refractivity contribution in [2.24, 2.45) is 5.10 Å². The highest BCUT2D eigenvalue weighted by atomic mass is 32.2. The lowest BCUT2D eigenvalue weighted by atomic mass is 10.0. The largest absolute Gasteiger partial charge is 0.250 e. The zero-order chi connectivity index (χ0) is 21.8. The van der Waals surface area contributed by atoms with Gasteiger partial charge in [0.2, 0.25) is 4.77 Å². The van der Waals surface area contributed by atoms with Crippen molar-refractivity contribution in [1.29, 1.82) is 0 Å². The molecule has 156 valence electrons. The zero-order valence-electron chi connectivity index (χ0n) is 16.8. The summed E-state index contributed by atoms with van der Waals surface area (Å²) in [6.07, 6.45) is 3.38. The number of rotatable bonds is 6. The van der Waals surface area contributed by atoms with E-state index in [1.807, 2.05) is 30.3 Å². The summed E-state index contributed by atoms with van der Waals surface area (Å²) in [6.45, 7) is 0. The van der Waals surface area contributed by atoms with E-state index in [-0.39, 0.29) is 4.90 Å². The molecule has 31 heavy (non-hydrogen) atoms. The lowest BCUT2D eigenvalue weighted by Gasteiger charge is -2.04. The fraction of sp³-hybridized carbons (Fsp3) is 0.0870. The molecule has 1 aromatic heterocycles. The van der Waals surface area contributed by atoms with E-state index in [4.69, 9.17) is 12.2 Å². The van der Waals surface area contributed by atoms with Crippen molar-refractivity contribution < 1.29 is 8.42 Å². The number of benzene rings is 3. The van der Waals surface area contributed by atoms with Crippen molar-refractivity contribution in [3.05, 3.63) is 101 Å². The molecule has 0 atom stereocenters. The van der Waals surface area contributed by atoms with Crippen LogP contribution in [0.25, 0.3) is 11.1 Å². The highest BCUT2D eigenvalue weighted by molar-refractivity contribution is 7.90. The van der Waals surface area contributed by atoms with Crippen LogP contribution in [0.2, 0.25) is 0 Å². The van der Waals surface area contributed by atoms with Crippen LogP contribution in [-0.2, 0) is 16.3 Å². The maximum absolute atomic E-state index is 11.6. The fourth-order valence-corrected chi connectivity index (χ4v) is 3.94. The van der Waals surface area contributed by atoms with Crippen LogP contribution in [0.4, 0.5) is 0 Å². The summed E-state index contributed by atoms with van der Waals surface area (Å²) in [6, 6.07) is 25.0. The third-order valence-electron chi connectivity index (χ3n) is 4.77. The van der Waals surface area contributed by atoms with Gasteiger partial charge in [-0.15, -0.1) is 0 Å². The quantitative estimate of drug-likeness (QED) is 0.348. The van der Waals surface area contributed by atoms with E-state index in [0.29, 0.717) is 17.0 Å². The molecule has 0 radical (unpaired) electrons. The van der Waals surface area contributed by atoms with E-state index in [2.05, 4.69) is 39.6 Å². The zero-order valence-corrected chi connectivity index (χ0v) is 18.4. The smallest absolute Gasteiger partial charge is 0.216 e. The minimum atomic E-state index is -3.22. The Morgan fingerprint density at radius 1 is 0.968 bits per heavy atom. The minimum absolute atomic E-state index is 0.284. The van der Waals surface area contributed by atoms with Gasteiger partial charge in [-0.25, -0.2) is 8.42 Å². The Hall–Kier alpha value is -3.36. The molecule has 0 fully saturated rings. The van der Waals surface area contributed by atoms with E-state index in [0.717, 1.165) is 22.3 Å². The number of nitrogens with one attached hydrogen (secondary N) is 1. The maximum atomic E-state index is 11.6. The van der Waals surface area contributed by atoms with Gasteiger partial charge in [0, 0.05) is 12.7 Å². The Labute approximate surface area is 185 Å². The first-order valence-corrected chi connectivity index (χ1v) is 11.9. The number of nitrogens with zero attached hydrogens (tertiary/aromatic N) is 3. The molecule has 1 N–H and O–H groups in total. The van der Waals surface area contributed by atoms with Gasteiger partial charge in [-0.05, 0) is 46.6 Å². The van der Waals surface area contributed by atoms with Crippen LogP contribution in [-0.4, -0.2) is 35.8 Å². The highest BCUT2D eigenvalue weighted by Gasteiger charge is 2.09. The van der Waals surface area contributed by atoms with Crippen molar-refractivity contribution >= 4 is 28.3 Å². The first kappa shape index (κ1) is 20.9. The van der Waals surface area contributed by atoms with Crippen LogP contribution >= 0.6 is 12.2 Å². The van der Waals surface area contributed by atoms with Gasteiger partial charge < -0.3 is 0 Å². The summed E-state index contributed by atoms with van der Waals surface area (Å²) in [4.78, 5) is 0.284. The van der Waals surface area contributed by atoms with Crippen molar-refractivity contribution in [3.63, 3.8) is 0 Å². The molecule has 4 rings (SSSR count). The van der Waals surface area contributed by atoms with Crippen LogP contribution in [0.3, 0.4) is 0 Å². The predicted octanol–water partition coefficient (Wildman–Crippen LogP) is 4.48. The second kappa shape index (κ2) is 8.79. The molecule has 0 unspecified atom stereocenters. The summed E-state index contributed by atoms with van der Waals surface area (Å²) in [5, 5.41) is 11.5. The van der Waals surface area contributed by atoms with Crippen molar-refractivity contribution in [1.82, 2.24) is 14.9 Å². The number of aromatic amines is 1. The molecule has 6 nitrogen and oxygen atoms in total. The van der Waals surface area contributed by atoms with Gasteiger partial charge in [0.25, 0.3) is 0 Å². The first-order valence-electron chi connectivity index (χ1n) is 9.55. The molecular weight excluding hydrogens is 428 g/mol. The average molecular weight is 449 g/mol. The topological polar surface area (TPSA) is 80.1 Å². The third-order valence-corrected chi connectivity index (χ3v) is 6.16. The first-order chi connectivity index (χ1) is 14.9. The Morgan fingerprint density at radius 2 is 1.61 bits per heavy atom. The Morgan fingerprint density at radius 3 is 2.26 bits per heavy atom. The number of sulfone groups is 1. The summed E-state index contributed by atoms with van der Waals surface area (Å²) < 4.78 is 25.2. The molecular formula is C23H20N4O2S2. The Balaban J connectivity index is 1.53. The molecule has 0 spiro atoms. The van der Waals surface area contributed by atoms with Gasteiger partial charge in [-0.3, -0.25) is 5.10 Å². The van der Waals surface area contributed by atoms with Gasteiger partial charge in [0.15, 0.2) is 15.7 Å². The SMILES string of the molecule is CS(=O)(=O)c1ccc(Cc2n[nH]c(=S)n2/N=C/c2ccc(-c3ccccc3)cc2)cc1. The van der Waals surface area contributed by atoms with Crippen molar-refractivity contribution in [2.75, 3.05) is 6.26 Å². The molecule has 0 aliphatic rings. The molecule has 0 amide bonds. The lowest BCUT2D eigenvalue weighted by molar-refractivity contribution is 0.602. The summed E-state index contributed by atoms with van der Waals surface area (Å²) >= 11 is 5.31. The van der Waals surface area contributed by atoms with E-state index < -0.39 is 9.84 Å². The number of aromatic nitrogens is 3. The van der Waals surface area contributed by atoms with Gasteiger partial charge in [0.1, 0.15) is 0 Å². The van der Waals surface area contributed by atoms with Crippen LogP contribution in [0, 0.1) is 4.77 Å². The average Bonchev–Trinajstić information content (AvgIpc) is 3.12. The molecule has 4 aromatic rings. The van der Waals surface area contributed by atoms with Gasteiger partial charge in [0.05, 0.1) is 11.1 Å². The van der Waals surface area contributed by atoms with E-state index in [1.165, 1.54) is 6.26 Å². The molecule has 3 aromatic carbocycles. The Kier molecular flexibility index (Phi) is 5.92. The molecule has 0 saturated heterocycles. The predicted molar refractivity (Wildman–Crippen MR) is 125 cm³/mol. The third kappa shape index (κ3) is 5.04. The monoisotopic (exact) mass is 448 g/mol. The highest BCUT2D eigenvalue weighted by Crippen LogP contribution is 2.19. The standard InChI is InChI=1S/C23H20N4O2S2/c1-31(28,29)21-13-9-17(10-14-21)15-22-25-26-23(30)27(22)24-16-18-7-11-20(12-8-18)19-5-3-2-4-6-19/h2-14,16H,15H2,1H3,(H,26,30)/b24-16+. The molecule has 0 aliphatic carbocycles. The lowest BCUT2D eigenvalue weighted by Crippen LogP contribution is -2.01. The van der Waals surface area contributed by atoms with E-state index >= 15 is 0 Å². The van der Waals surface area contributed by atoms with Gasteiger partial charge in [-0.2, -0.15) is 14.9 Å². The number of hydrogen-bond donors (Lipinski definition) is 1. The van der Waals surface area contributed by atoms with Crippen LogP contribution in [0.1, 0.15) is 17.0 Å². The summed E-state index contributed by atoms with van der Waals surface area (Å²) in [7, 11) is -3.22. The van der Waals surface area contributed by atoms with Crippen LogP contribution in [0.15, 0.2) is 88.9 Å². The normalized spacial score (nSPS) is 11.8. The second-order valence-electron chi connectivity index (χ2n) is 7.08. The Bertz CT molecular complexity index is 1370. The molecule has 0 aliphatic heterocycles. The summed E-state index contributed by atoms with van der Waals surface area (Å²) in [5.74, 6) is 0.634. The van der Waals surface area contributed by atoms with E-state index in [1.54, 1.807) is 35.2 Å². The number of hydrogen-bond acceptors (Lipinski definition) is 5. The maximum Gasteiger partial charge on any atom is 0.216 e. The van der Waals surface area contributed by atoms with Gasteiger partial charge >= 0.3 is 0 Å². The van der Waals surface area contributed by atoms with E-state index in [9.17, 15) is 8.42 Å². The van der Waals surface area contributed by atoms with Crippen molar-refractivity contribution in [3.8, 4) is 11.1 Å². The van der Waals surface area contributed by atoms with Crippen molar-refractivity contribution in [2.45, 2.75) is 11.3 Å². The molecule has 1 heterocycles. The fourth-order valence-electron chi connectivity index (χ4n) is 3.11.